The summed E-state index contributed by atoms with van der Waals surface area (Å²) in [7, 11) is 0. The van der Waals surface area contributed by atoms with Gasteiger partial charge in [-0.05, 0) is 36.6 Å². The molecule has 0 aliphatic carbocycles. The Kier molecular flexibility index (Phi) is 4.40. The van der Waals surface area contributed by atoms with Crippen molar-refractivity contribution in [1.29, 1.82) is 0 Å². The number of hydrogen-bond donors (Lipinski definition) is 2. The molecule has 1 saturated heterocycles. The predicted octanol–water partition coefficient (Wildman–Crippen LogP) is 1.65. The molecule has 1 aromatic rings. The maximum atomic E-state index is 9.17. The van der Waals surface area contributed by atoms with Crippen LogP contribution in [-0.4, -0.2) is 36.2 Å². The Morgan fingerprint density at radius 2 is 2.12 bits per heavy atom. The van der Waals surface area contributed by atoms with Crippen molar-refractivity contribution in [3.05, 3.63) is 34.9 Å². The maximum absolute atomic E-state index is 9.17. The molecule has 3 nitrogen and oxygen atoms in total. The van der Waals surface area contributed by atoms with Crippen LogP contribution in [0, 0.1) is 5.92 Å². The van der Waals surface area contributed by atoms with Gasteiger partial charge in [0, 0.05) is 30.8 Å². The smallest absolute Gasteiger partial charge is 0.0471 e. The van der Waals surface area contributed by atoms with E-state index in [2.05, 4.69) is 4.90 Å². The van der Waals surface area contributed by atoms with E-state index in [4.69, 9.17) is 22.4 Å². The van der Waals surface area contributed by atoms with Crippen LogP contribution in [-0.2, 0) is 0 Å². The fraction of sp³-hybridized carbons (Fsp3) is 0.538. The molecule has 1 aliphatic heterocycles. The van der Waals surface area contributed by atoms with Crippen molar-refractivity contribution in [3.8, 4) is 0 Å². The third kappa shape index (κ3) is 2.99. The van der Waals surface area contributed by atoms with Crippen LogP contribution in [0.3, 0.4) is 0 Å². The summed E-state index contributed by atoms with van der Waals surface area (Å²) in [4.78, 5) is 2.35. The molecule has 94 valence electrons. The number of nitrogens with zero attached hydrogens (tertiary/aromatic N) is 1. The Hall–Kier alpha value is -0.610. The van der Waals surface area contributed by atoms with Crippen LogP contribution in [0.1, 0.15) is 18.0 Å². The van der Waals surface area contributed by atoms with E-state index in [9.17, 15) is 0 Å². The summed E-state index contributed by atoms with van der Waals surface area (Å²) in [5, 5.41) is 9.92. The zero-order valence-corrected chi connectivity index (χ0v) is 10.6. The van der Waals surface area contributed by atoms with Crippen LogP contribution in [0.25, 0.3) is 0 Å². The monoisotopic (exact) mass is 254 g/mol. The molecular formula is C13H19ClN2O. The lowest BCUT2D eigenvalue weighted by atomic mass is 10.1. The summed E-state index contributed by atoms with van der Waals surface area (Å²) in [5.41, 5.74) is 7.08. The summed E-state index contributed by atoms with van der Waals surface area (Å²) in [6.45, 7) is 2.81. The van der Waals surface area contributed by atoms with Gasteiger partial charge in [0.15, 0.2) is 0 Å². The van der Waals surface area contributed by atoms with Crippen LogP contribution in [0.15, 0.2) is 24.3 Å². The number of hydrogen-bond acceptors (Lipinski definition) is 3. The molecule has 1 aliphatic rings. The largest absolute Gasteiger partial charge is 0.396 e. The minimum absolute atomic E-state index is 0.240. The molecule has 1 aromatic carbocycles. The Bertz CT molecular complexity index is 355. The fourth-order valence-corrected chi connectivity index (χ4v) is 2.60. The molecule has 0 radical (unpaired) electrons. The van der Waals surface area contributed by atoms with Crippen molar-refractivity contribution in [2.45, 2.75) is 12.5 Å². The number of benzene rings is 1. The molecule has 17 heavy (non-hydrogen) atoms. The van der Waals surface area contributed by atoms with Gasteiger partial charge in [-0.2, -0.15) is 0 Å². The molecule has 1 heterocycles. The average molecular weight is 255 g/mol. The molecule has 0 amide bonds. The van der Waals surface area contributed by atoms with E-state index in [0.717, 1.165) is 24.5 Å². The fourth-order valence-electron chi connectivity index (χ4n) is 2.48. The van der Waals surface area contributed by atoms with Crippen LogP contribution < -0.4 is 5.73 Å². The molecule has 0 bridgehead atoms. The summed E-state index contributed by atoms with van der Waals surface area (Å²) >= 11 is 5.89. The highest BCUT2D eigenvalue weighted by molar-refractivity contribution is 6.30. The third-order valence-corrected chi connectivity index (χ3v) is 3.75. The van der Waals surface area contributed by atoms with Gasteiger partial charge in [-0.1, -0.05) is 23.7 Å². The second-order valence-electron chi connectivity index (χ2n) is 4.64. The highest BCUT2D eigenvalue weighted by atomic mass is 35.5. The molecular weight excluding hydrogens is 236 g/mol. The van der Waals surface area contributed by atoms with Gasteiger partial charge < -0.3 is 10.8 Å². The minimum Gasteiger partial charge on any atom is -0.396 e. The second-order valence-corrected chi connectivity index (χ2v) is 5.07. The number of rotatable bonds is 4. The molecule has 2 atom stereocenters. The van der Waals surface area contributed by atoms with E-state index in [0.29, 0.717) is 12.5 Å². The number of aliphatic hydroxyl groups excluding tert-OH is 1. The van der Waals surface area contributed by atoms with Gasteiger partial charge in [-0.15, -0.1) is 0 Å². The van der Waals surface area contributed by atoms with E-state index in [-0.39, 0.29) is 12.6 Å². The van der Waals surface area contributed by atoms with E-state index in [1.54, 1.807) is 0 Å². The highest BCUT2D eigenvalue weighted by Gasteiger charge is 2.27. The van der Waals surface area contributed by atoms with E-state index in [1.165, 1.54) is 5.56 Å². The van der Waals surface area contributed by atoms with Crippen molar-refractivity contribution < 1.29 is 5.11 Å². The lowest BCUT2D eigenvalue weighted by molar-refractivity contribution is 0.200. The first-order chi connectivity index (χ1) is 8.24. The lowest BCUT2D eigenvalue weighted by Gasteiger charge is -2.27. The molecule has 0 spiro atoms. The molecule has 2 unspecified atom stereocenters. The Morgan fingerprint density at radius 3 is 2.65 bits per heavy atom. The molecule has 4 heteroatoms. The van der Waals surface area contributed by atoms with Gasteiger partial charge in [-0.3, -0.25) is 4.90 Å². The maximum Gasteiger partial charge on any atom is 0.0471 e. The van der Waals surface area contributed by atoms with Crippen molar-refractivity contribution in [2.24, 2.45) is 11.7 Å². The summed E-state index contributed by atoms with van der Waals surface area (Å²) < 4.78 is 0. The predicted molar refractivity (Wildman–Crippen MR) is 70.0 cm³/mol. The van der Waals surface area contributed by atoms with E-state index >= 15 is 0 Å². The SMILES string of the molecule is NCC(c1ccc(Cl)cc1)N1CCC(CO)C1. The highest BCUT2D eigenvalue weighted by Crippen LogP contribution is 2.27. The number of halogens is 1. The standard InChI is InChI=1S/C13H19ClN2O/c14-12-3-1-11(2-4-12)13(7-15)16-6-5-10(8-16)9-17/h1-4,10,13,17H,5-9,15H2. The number of likely N-dealkylation sites (tertiary alicyclic amines) is 1. The second kappa shape index (κ2) is 5.83. The quantitative estimate of drug-likeness (QED) is 0.859. The summed E-state index contributed by atoms with van der Waals surface area (Å²) in [6.07, 6.45) is 1.06. The van der Waals surface area contributed by atoms with Gasteiger partial charge >= 0.3 is 0 Å². The third-order valence-electron chi connectivity index (χ3n) is 3.49. The Labute approximate surface area is 107 Å². The zero-order chi connectivity index (χ0) is 12.3. The van der Waals surface area contributed by atoms with Crippen molar-refractivity contribution in [2.75, 3.05) is 26.2 Å². The molecule has 0 aromatic heterocycles. The summed E-state index contributed by atoms with van der Waals surface area (Å²) in [5.74, 6) is 0.399. The Morgan fingerprint density at radius 1 is 1.41 bits per heavy atom. The molecule has 2 rings (SSSR count). The van der Waals surface area contributed by atoms with Crippen LogP contribution in [0.2, 0.25) is 5.02 Å². The van der Waals surface area contributed by atoms with Crippen molar-refractivity contribution in [3.63, 3.8) is 0 Å². The number of aliphatic hydroxyl groups is 1. The molecule has 1 fully saturated rings. The van der Waals surface area contributed by atoms with Crippen molar-refractivity contribution >= 4 is 11.6 Å². The average Bonchev–Trinajstić information content (AvgIpc) is 2.81. The molecule has 3 N–H and O–H groups in total. The minimum atomic E-state index is 0.240. The summed E-state index contributed by atoms with van der Waals surface area (Å²) in [6, 6.07) is 8.11. The van der Waals surface area contributed by atoms with Gasteiger partial charge in [0.05, 0.1) is 0 Å². The lowest BCUT2D eigenvalue weighted by Crippen LogP contribution is -2.32. The van der Waals surface area contributed by atoms with Gasteiger partial charge in [-0.25, -0.2) is 0 Å². The Balaban J connectivity index is 2.08. The van der Waals surface area contributed by atoms with Crippen LogP contribution in [0.5, 0.6) is 0 Å². The van der Waals surface area contributed by atoms with Crippen LogP contribution in [0.4, 0.5) is 0 Å². The number of nitrogens with two attached hydrogens (primary N) is 1. The zero-order valence-electron chi connectivity index (χ0n) is 9.85. The van der Waals surface area contributed by atoms with Crippen LogP contribution >= 0.6 is 11.6 Å². The van der Waals surface area contributed by atoms with Gasteiger partial charge in [0.2, 0.25) is 0 Å². The van der Waals surface area contributed by atoms with E-state index in [1.807, 2.05) is 24.3 Å². The normalized spacial score (nSPS) is 22.9. The van der Waals surface area contributed by atoms with Crippen molar-refractivity contribution in [1.82, 2.24) is 4.90 Å². The molecule has 0 saturated carbocycles. The first-order valence-electron chi connectivity index (χ1n) is 6.05. The first-order valence-corrected chi connectivity index (χ1v) is 6.43. The van der Waals surface area contributed by atoms with E-state index < -0.39 is 0 Å². The first kappa shape index (κ1) is 12.8. The topological polar surface area (TPSA) is 49.5 Å². The van der Waals surface area contributed by atoms with Gasteiger partial charge in [0.1, 0.15) is 0 Å². The van der Waals surface area contributed by atoms with Gasteiger partial charge in [0.25, 0.3) is 0 Å².